The number of rotatable bonds is 2. The molecule has 6 nitrogen and oxygen atoms in total. The van der Waals surface area contributed by atoms with E-state index in [1.54, 1.807) is 12.1 Å². The molecule has 1 aliphatic rings. The minimum Gasteiger partial charge on any atom is -0.508 e. The minimum absolute atomic E-state index is 0.149. The molecule has 2 atom stereocenters. The molecule has 3 aromatic rings. The molecule has 5 N–H and O–H groups in total. The minimum atomic E-state index is -0.916. The third-order valence-corrected chi connectivity index (χ3v) is 6.37. The van der Waals surface area contributed by atoms with Gasteiger partial charge in [-0.05, 0) is 63.4 Å². The number of aliphatic carboxylic acids is 1. The summed E-state index contributed by atoms with van der Waals surface area (Å²) in [5.41, 5.74) is 4.62. The Morgan fingerprint density at radius 2 is 1.56 bits per heavy atom. The maximum absolute atomic E-state index is 12.0. The molecule has 0 radical (unpaired) electrons. The first kappa shape index (κ1) is 22.2. The maximum atomic E-state index is 12.0. The molecule has 0 saturated heterocycles. The highest BCUT2D eigenvalue weighted by Gasteiger charge is 2.36. The van der Waals surface area contributed by atoms with E-state index >= 15 is 0 Å². The number of H-pyrrole nitrogens is 1. The molecule has 2 unspecified atom stereocenters. The van der Waals surface area contributed by atoms with Gasteiger partial charge in [0.2, 0.25) is 0 Å². The van der Waals surface area contributed by atoms with E-state index in [0.29, 0.717) is 12.2 Å². The van der Waals surface area contributed by atoms with Crippen LogP contribution in [-0.2, 0) is 22.0 Å². The maximum Gasteiger partial charge on any atom is 0.321 e. The first-order chi connectivity index (χ1) is 14.8. The Bertz CT molecular complexity index is 1180. The molecule has 0 amide bonds. The van der Waals surface area contributed by atoms with Gasteiger partial charge in [0.05, 0.1) is 6.04 Å². The van der Waals surface area contributed by atoms with E-state index in [1.807, 2.05) is 18.2 Å². The van der Waals surface area contributed by atoms with Gasteiger partial charge in [0.15, 0.2) is 0 Å². The number of fused-ring (bicyclic) bond motifs is 3. The Balaban J connectivity index is 1.99. The molecule has 0 bridgehead atoms. The fourth-order valence-corrected chi connectivity index (χ4v) is 4.66. The van der Waals surface area contributed by atoms with Gasteiger partial charge in [0, 0.05) is 23.0 Å². The van der Waals surface area contributed by atoms with Crippen LogP contribution in [0.25, 0.3) is 10.9 Å². The molecular weight excluding hydrogens is 404 g/mol. The van der Waals surface area contributed by atoms with Gasteiger partial charge in [0.25, 0.3) is 0 Å². The van der Waals surface area contributed by atoms with Gasteiger partial charge >= 0.3 is 5.97 Å². The summed E-state index contributed by atoms with van der Waals surface area (Å²) >= 11 is 0. The molecule has 1 aliphatic heterocycles. The molecule has 0 fully saturated rings. The summed E-state index contributed by atoms with van der Waals surface area (Å²) in [5.74, 6) is -0.474. The zero-order chi connectivity index (χ0) is 23.6. The van der Waals surface area contributed by atoms with Crippen molar-refractivity contribution in [3.05, 3.63) is 58.3 Å². The van der Waals surface area contributed by atoms with E-state index in [0.717, 1.165) is 38.9 Å². The molecule has 4 rings (SSSR count). The van der Waals surface area contributed by atoms with Gasteiger partial charge in [-0.25, -0.2) is 0 Å². The molecule has 6 heteroatoms. The fourth-order valence-electron chi connectivity index (χ4n) is 4.66. The fraction of sp³-hybridized carbons (Fsp3) is 0.423. The monoisotopic (exact) mass is 436 g/mol. The average Bonchev–Trinajstić information content (AvgIpc) is 3.03. The number of benzene rings is 2. The summed E-state index contributed by atoms with van der Waals surface area (Å²) in [4.78, 5) is 15.5. The van der Waals surface area contributed by atoms with Gasteiger partial charge in [0.1, 0.15) is 17.5 Å². The Morgan fingerprint density at radius 3 is 2.09 bits per heavy atom. The smallest absolute Gasteiger partial charge is 0.321 e. The van der Waals surface area contributed by atoms with E-state index < -0.39 is 18.1 Å². The Morgan fingerprint density at radius 1 is 0.969 bits per heavy atom. The van der Waals surface area contributed by atoms with Crippen molar-refractivity contribution in [3.63, 3.8) is 0 Å². The van der Waals surface area contributed by atoms with E-state index in [-0.39, 0.29) is 16.6 Å². The number of carboxylic acid groups (broad SMARTS) is 1. The van der Waals surface area contributed by atoms with Crippen molar-refractivity contribution in [1.29, 1.82) is 0 Å². The van der Waals surface area contributed by atoms with Gasteiger partial charge < -0.3 is 20.3 Å². The van der Waals surface area contributed by atoms with Crippen LogP contribution in [0.4, 0.5) is 0 Å². The van der Waals surface area contributed by atoms with Crippen molar-refractivity contribution in [1.82, 2.24) is 10.3 Å². The van der Waals surface area contributed by atoms with E-state index in [2.05, 4.69) is 51.8 Å². The summed E-state index contributed by atoms with van der Waals surface area (Å²) in [5, 5.41) is 35.1. The number of aromatic amines is 1. The number of phenolic OH excluding ortho intramolecular Hbond substituents is 2. The van der Waals surface area contributed by atoms with Gasteiger partial charge in [-0.1, -0.05) is 41.5 Å². The van der Waals surface area contributed by atoms with Gasteiger partial charge in [-0.2, -0.15) is 0 Å². The summed E-state index contributed by atoms with van der Waals surface area (Å²) in [7, 11) is 0. The standard InChI is InChI=1S/C26H32N2O4/c1-25(2,3)17-9-13(10-18(23(17)30)26(4,5)6)21-22-16(12-20(28-21)24(31)32)15-11-14(29)7-8-19(15)27-22/h7-11,20-21,27-30H,12H2,1-6H3,(H,31,32). The molecule has 170 valence electrons. The van der Waals surface area contributed by atoms with Crippen molar-refractivity contribution in [2.75, 3.05) is 0 Å². The number of carbonyl (C=O) groups is 1. The lowest BCUT2D eigenvalue weighted by molar-refractivity contribution is -0.139. The van der Waals surface area contributed by atoms with Crippen LogP contribution in [0.15, 0.2) is 30.3 Å². The average molecular weight is 437 g/mol. The number of phenols is 2. The molecule has 0 aliphatic carbocycles. The highest BCUT2D eigenvalue weighted by Crippen LogP contribution is 2.43. The molecule has 2 heterocycles. The third-order valence-electron chi connectivity index (χ3n) is 6.37. The normalized spacial score (nSPS) is 19.2. The Kier molecular flexibility index (Phi) is 5.05. The molecule has 1 aromatic heterocycles. The molecule has 32 heavy (non-hydrogen) atoms. The predicted molar refractivity (Wildman–Crippen MR) is 126 cm³/mol. The highest BCUT2D eigenvalue weighted by molar-refractivity contribution is 5.88. The first-order valence-electron chi connectivity index (χ1n) is 11.0. The SMILES string of the molecule is CC(C)(C)c1cc(C2NC(C(=O)O)Cc3c2[nH]c2ccc(O)cc32)cc(C(C)(C)C)c1O. The van der Waals surface area contributed by atoms with Crippen LogP contribution in [0.5, 0.6) is 11.5 Å². The third kappa shape index (κ3) is 3.73. The Labute approximate surface area is 188 Å². The second-order valence-electron chi connectivity index (χ2n) is 10.9. The van der Waals surface area contributed by atoms with Crippen LogP contribution in [0.2, 0.25) is 0 Å². The molecule has 0 spiro atoms. The van der Waals surface area contributed by atoms with E-state index in [4.69, 9.17) is 0 Å². The van der Waals surface area contributed by atoms with Crippen molar-refractivity contribution < 1.29 is 20.1 Å². The number of nitrogens with one attached hydrogen (secondary N) is 2. The van der Waals surface area contributed by atoms with Crippen LogP contribution in [0, 0.1) is 0 Å². The summed E-state index contributed by atoms with van der Waals surface area (Å²) in [6, 6.07) is 7.93. The molecular formula is C26H32N2O4. The predicted octanol–water partition coefficient (Wildman–Crippen LogP) is 4.86. The zero-order valence-electron chi connectivity index (χ0n) is 19.5. The summed E-state index contributed by atoms with van der Waals surface area (Å²) in [6.07, 6.45) is 0.320. The number of aromatic hydroxyl groups is 2. The number of hydrogen-bond acceptors (Lipinski definition) is 4. The van der Waals surface area contributed by atoms with Crippen LogP contribution in [0.1, 0.15) is 75.5 Å². The lowest BCUT2D eigenvalue weighted by atomic mass is 9.77. The van der Waals surface area contributed by atoms with Crippen molar-refractivity contribution in [2.24, 2.45) is 0 Å². The van der Waals surface area contributed by atoms with Gasteiger partial charge in [-0.3, -0.25) is 10.1 Å². The van der Waals surface area contributed by atoms with E-state index in [9.17, 15) is 20.1 Å². The second kappa shape index (κ2) is 7.27. The number of carboxylic acids is 1. The first-order valence-corrected chi connectivity index (χ1v) is 11.0. The largest absolute Gasteiger partial charge is 0.508 e. The number of aromatic nitrogens is 1. The van der Waals surface area contributed by atoms with Crippen LogP contribution in [0.3, 0.4) is 0 Å². The van der Waals surface area contributed by atoms with Crippen molar-refractivity contribution >= 4 is 16.9 Å². The second-order valence-corrected chi connectivity index (χ2v) is 10.9. The van der Waals surface area contributed by atoms with Crippen molar-refractivity contribution in [2.45, 2.75) is 70.9 Å². The highest BCUT2D eigenvalue weighted by atomic mass is 16.4. The van der Waals surface area contributed by atoms with Crippen LogP contribution in [-0.4, -0.2) is 32.3 Å². The van der Waals surface area contributed by atoms with Crippen LogP contribution < -0.4 is 5.32 Å². The molecule has 2 aromatic carbocycles. The number of hydrogen-bond donors (Lipinski definition) is 5. The summed E-state index contributed by atoms with van der Waals surface area (Å²) in [6.45, 7) is 12.4. The molecule has 0 saturated carbocycles. The Hall–Kier alpha value is -2.99. The quantitative estimate of drug-likeness (QED) is 0.394. The van der Waals surface area contributed by atoms with Crippen LogP contribution >= 0.6 is 0 Å². The zero-order valence-corrected chi connectivity index (χ0v) is 19.5. The lowest BCUT2D eigenvalue weighted by Crippen LogP contribution is -2.45. The lowest BCUT2D eigenvalue weighted by Gasteiger charge is -2.33. The van der Waals surface area contributed by atoms with E-state index in [1.165, 1.54) is 0 Å². The topological polar surface area (TPSA) is 106 Å². The summed E-state index contributed by atoms with van der Waals surface area (Å²) < 4.78 is 0. The van der Waals surface area contributed by atoms with Gasteiger partial charge in [-0.15, -0.1) is 0 Å². The van der Waals surface area contributed by atoms with Crippen molar-refractivity contribution in [3.8, 4) is 11.5 Å².